The molecule has 0 spiro atoms. The van der Waals surface area contributed by atoms with Crippen LogP contribution in [0.5, 0.6) is 0 Å². The van der Waals surface area contributed by atoms with Crippen LogP contribution in [-0.2, 0) is 16.0 Å². The number of hydrogen-bond donors (Lipinski definition) is 2. The fourth-order valence-corrected chi connectivity index (χ4v) is 4.69. The molecule has 0 radical (unpaired) electrons. The van der Waals surface area contributed by atoms with Gasteiger partial charge in [0.25, 0.3) is 0 Å². The summed E-state index contributed by atoms with van der Waals surface area (Å²) in [6.45, 7) is 5.67. The fraction of sp³-hybridized carbons (Fsp3) is 0.591. The van der Waals surface area contributed by atoms with Gasteiger partial charge in [0.05, 0.1) is 18.1 Å². The molecule has 7 heteroatoms. The summed E-state index contributed by atoms with van der Waals surface area (Å²) in [5, 5.41) is 6.65. The van der Waals surface area contributed by atoms with Crippen molar-refractivity contribution in [1.82, 2.24) is 15.5 Å². The van der Waals surface area contributed by atoms with Crippen LogP contribution < -0.4 is 10.6 Å². The summed E-state index contributed by atoms with van der Waals surface area (Å²) < 4.78 is 5.35. The average molecular weight is 399 g/mol. The number of guanidine groups is 1. The summed E-state index contributed by atoms with van der Waals surface area (Å²) in [5.74, 6) is 1.87. The first-order valence-electron chi connectivity index (χ1n) is 10.7. The van der Waals surface area contributed by atoms with Crippen LogP contribution in [-0.4, -0.2) is 48.3 Å². The zero-order valence-corrected chi connectivity index (χ0v) is 17.1. The SMILES string of the molecule is CCC(C)NC(=NCCc1ccco1)NCCN1C(=O)C2C3C=CC(C3)C2C1=O. The van der Waals surface area contributed by atoms with Crippen LogP contribution in [0.15, 0.2) is 40.0 Å². The van der Waals surface area contributed by atoms with Gasteiger partial charge in [-0.1, -0.05) is 19.1 Å². The number of nitrogens with zero attached hydrogens (tertiary/aromatic N) is 2. The molecule has 1 saturated carbocycles. The molecule has 3 aliphatic rings. The van der Waals surface area contributed by atoms with E-state index in [0.717, 1.165) is 25.0 Å². The van der Waals surface area contributed by atoms with Gasteiger partial charge in [0.15, 0.2) is 5.96 Å². The molecular weight excluding hydrogens is 368 g/mol. The van der Waals surface area contributed by atoms with Gasteiger partial charge in [-0.3, -0.25) is 19.5 Å². The van der Waals surface area contributed by atoms with Gasteiger partial charge >= 0.3 is 0 Å². The smallest absolute Gasteiger partial charge is 0.233 e. The zero-order valence-electron chi connectivity index (χ0n) is 17.1. The summed E-state index contributed by atoms with van der Waals surface area (Å²) in [5.41, 5.74) is 0. The number of carbonyl (C=O) groups is 2. The van der Waals surface area contributed by atoms with Gasteiger partial charge in [0, 0.05) is 32.1 Å². The lowest BCUT2D eigenvalue weighted by Crippen LogP contribution is -2.46. The largest absolute Gasteiger partial charge is 0.469 e. The lowest BCUT2D eigenvalue weighted by molar-refractivity contribution is -0.140. The van der Waals surface area contributed by atoms with Crippen molar-refractivity contribution in [2.24, 2.45) is 28.7 Å². The molecule has 1 aliphatic heterocycles. The van der Waals surface area contributed by atoms with Crippen molar-refractivity contribution >= 4 is 17.8 Å². The summed E-state index contributed by atoms with van der Waals surface area (Å²) >= 11 is 0. The summed E-state index contributed by atoms with van der Waals surface area (Å²) in [6.07, 6.45) is 8.57. The standard InChI is InChI=1S/C22H30N4O3/c1-3-14(2)25-22(23-9-8-17-5-4-12-29-17)24-10-11-26-20(27)18-15-6-7-16(13-15)19(18)21(26)28/h4-7,12,14-16,18-19H,3,8-11,13H2,1-2H3,(H2,23,24,25). The Morgan fingerprint density at radius 3 is 2.62 bits per heavy atom. The molecule has 1 aromatic heterocycles. The fourth-order valence-electron chi connectivity index (χ4n) is 4.69. The number of nitrogens with one attached hydrogen (secondary N) is 2. The Morgan fingerprint density at radius 2 is 2.00 bits per heavy atom. The van der Waals surface area contributed by atoms with Crippen molar-refractivity contribution in [3.63, 3.8) is 0 Å². The molecule has 5 atom stereocenters. The Morgan fingerprint density at radius 1 is 1.28 bits per heavy atom. The van der Waals surface area contributed by atoms with E-state index in [1.807, 2.05) is 12.1 Å². The molecular formula is C22H30N4O3. The van der Waals surface area contributed by atoms with Crippen LogP contribution in [0.25, 0.3) is 0 Å². The number of allylic oxidation sites excluding steroid dienone is 2. The molecule has 2 N–H and O–H groups in total. The van der Waals surface area contributed by atoms with E-state index in [-0.39, 0.29) is 41.5 Å². The van der Waals surface area contributed by atoms with Crippen molar-refractivity contribution in [2.45, 2.75) is 39.2 Å². The highest BCUT2D eigenvalue weighted by atomic mass is 16.3. The first-order chi connectivity index (χ1) is 14.1. The van der Waals surface area contributed by atoms with Gasteiger partial charge in [0.2, 0.25) is 11.8 Å². The molecule has 2 heterocycles. The number of fused-ring (bicyclic) bond motifs is 5. The number of imide groups is 1. The van der Waals surface area contributed by atoms with E-state index in [0.29, 0.717) is 25.6 Å². The summed E-state index contributed by atoms with van der Waals surface area (Å²) in [4.78, 5) is 31.6. The Balaban J connectivity index is 1.31. The van der Waals surface area contributed by atoms with Crippen LogP contribution in [0.2, 0.25) is 0 Å². The first-order valence-corrected chi connectivity index (χ1v) is 10.7. The minimum absolute atomic E-state index is 0.00448. The van der Waals surface area contributed by atoms with E-state index in [1.165, 1.54) is 4.90 Å². The number of furan rings is 1. The number of likely N-dealkylation sites (tertiary alicyclic amines) is 1. The van der Waals surface area contributed by atoms with Crippen molar-refractivity contribution < 1.29 is 14.0 Å². The van der Waals surface area contributed by atoms with E-state index >= 15 is 0 Å². The Kier molecular flexibility index (Phi) is 5.74. The van der Waals surface area contributed by atoms with Crippen molar-refractivity contribution in [2.75, 3.05) is 19.6 Å². The van der Waals surface area contributed by atoms with Gasteiger partial charge in [-0.15, -0.1) is 0 Å². The quantitative estimate of drug-likeness (QED) is 0.303. The van der Waals surface area contributed by atoms with E-state index in [4.69, 9.17) is 4.42 Å². The van der Waals surface area contributed by atoms with Crippen LogP contribution in [0.1, 0.15) is 32.4 Å². The second kappa shape index (κ2) is 8.43. The molecule has 5 unspecified atom stereocenters. The molecule has 2 bridgehead atoms. The van der Waals surface area contributed by atoms with Crippen molar-refractivity contribution in [3.05, 3.63) is 36.3 Å². The monoisotopic (exact) mass is 398 g/mol. The maximum absolute atomic E-state index is 12.8. The van der Waals surface area contributed by atoms with Gasteiger partial charge < -0.3 is 15.1 Å². The van der Waals surface area contributed by atoms with Crippen LogP contribution in [0.4, 0.5) is 0 Å². The number of rotatable bonds is 8. The van der Waals surface area contributed by atoms with E-state index < -0.39 is 0 Å². The van der Waals surface area contributed by atoms with Gasteiger partial charge in [-0.05, 0) is 43.7 Å². The number of amides is 2. The number of hydrogen-bond acceptors (Lipinski definition) is 4. The molecule has 7 nitrogen and oxygen atoms in total. The Labute approximate surface area is 171 Å². The lowest BCUT2D eigenvalue weighted by Gasteiger charge is -2.20. The van der Waals surface area contributed by atoms with Crippen LogP contribution in [0.3, 0.4) is 0 Å². The topological polar surface area (TPSA) is 86.9 Å². The molecule has 2 fully saturated rings. The predicted molar refractivity (Wildman–Crippen MR) is 110 cm³/mol. The average Bonchev–Trinajstić information content (AvgIpc) is 3.49. The molecule has 2 amide bonds. The van der Waals surface area contributed by atoms with Crippen LogP contribution >= 0.6 is 0 Å². The number of aliphatic imine (C=N–C) groups is 1. The second-order valence-electron chi connectivity index (χ2n) is 8.27. The second-order valence-corrected chi connectivity index (χ2v) is 8.27. The maximum Gasteiger partial charge on any atom is 0.233 e. The third-order valence-electron chi connectivity index (χ3n) is 6.39. The highest BCUT2D eigenvalue weighted by Gasteiger charge is 2.58. The highest BCUT2D eigenvalue weighted by Crippen LogP contribution is 2.52. The molecule has 1 saturated heterocycles. The summed E-state index contributed by atoms with van der Waals surface area (Å²) in [6, 6.07) is 4.09. The third kappa shape index (κ3) is 3.95. The van der Waals surface area contributed by atoms with E-state index in [9.17, 15) is 9.59 Å². The third-order valence-corrected chi connectivity index (χ3v) is 6.39. The van der Waals surface area contributed by atoms with Crippen LogP contribution in [0, 0.1) is 23.7 Å². The molecule has 2 aliphatic carbocycles. The van der Waals surface area contributed by atoms with Crippen molar-refractivity contribution in [3.8, 4) is 0 Å². The maximum atomic E-state index is 12.8. The lowest BCUT2D eigenvalue weighted by atomic mass is 9.85. The Bertz CT molecular complexity index is 771. The molecule has 1 aromatic rings. The molecule has 0 aromatic carbocycles. The predicted octanol–water partition coefficient (Wildman–Crippen LogP) is 1.96. The van der Waals surface area contributed by atoms with E-state index in [1.54, 1.807) is 6.26 Å². The minimum atomic E-state index is -0.128. The zero-order chi connectivity index (χ0) is 20.4. The van der Waals surface area contributed by atoms with Gasteiger partial charge in [-0.25, -0.2) is 0 Å². The number of carbonyl (C=O) groups excluding carboxylic acids is 2. The molecule has 29 heavy (non-hydrogen) atoms. The van der Waals surface area contributed by atoms with Gasteiger partial charge in [-0.2, -0.15) is 0 Å². The summed E-state index contributed by atoms with van der Waals surface area (Å²) in [7, 11) is 0. The van der Waals surface area contributed by atoms with Crippen molar-refractivity contribution in [1.29, 1.82) is 0 Å². The minimum Gasteiger partial charge on any atom is -0.469 e. The molecule has 156 valence electrons. The molecule has 4 rings (SSSR count). The normalized spacial score (nSPS) is 28.9. The Hall–Kier alpha value is -2.57. The first kappa shape index (κ1) is 19.7. The highest BCUT2D eigenvalue weighted by molar-refractivity contribution is 6.06. The van der Waals surface area contributed by atoms with Gasteiger partial charge in [0.1, 0.15) is 5.76 Å². The van der Waals surface area contributed by atoms with E-state index in [2.05, 4.69) is 41.6 Å².